The zero-order valence-corrected chi connectivity index (χ0v) is 14.9. The van der Waals surface area contributed by atoms with Crippen LogP contribution in [0.3, 0.4) is 0 Å². The number of benzene rings is 2. The normalized spacial score (nSPS) is 10.6. The van der Waals surface area contributed by atoms with Crippen molar-refractivity contribution < 1.29 is 13.9 Å². The highest BCUT2D eigenvalue weighted by Gasteiger charge is 2.14. The van der Waals surface area contributed by atoms with Gasteiger partial charge in [-0.25, -0.2) is 0 Å². The number of carbonyl (C=O) groups is 1. The Balaban J connectivity index is 1.70. The van der Waals surface area contributed by atoms with E-state index in [0.717, 1.165) is 22.2 Å². The zero-order chi connectivity index (χ0) is 17.1. The molecule has 0 saturated heterocycles. The maximum atomic E-state index is 12.2. The third kappa shape index (κ3) is 4.35. The second-order valence-electron chi connectivity index (χ2n) is 5.03. The van der Waals surface area contributed by atoms with Gasteiger partial charge in [0, 0.05) is 21.0 Å². The van der Waals surface area contributed by atoms with Gasteiger partial charge in [0.15, 0.2) is 5.76 Å². The van der Waals surface area contributed by atoms with Crippen LogP contribution in [0.2, 0.25) is 10.0 Å². The highest BCUT2D eigenvalue weighted by molar-refractivity contribution is 8.14. The van der Waals surface area contributed by atoms with Gasteiger partial charge in [-0.1, -0.05) is 40.9 Å². The van der Waals surface area contributed by atoms with Crippen molar-refractivity contribution in [2.45, 2.75) is 11.8 Å². The van der Waals surface area contributed by atoms with Crippen molar-refractivity contribution in [2.75, 3.05) is 0 Å². The molecule has 0 bridgehead atoms. The minimum atomic E-state index is -0.196. The van der Waals surface area contributed by atoms with E-state index in [1.807, 2.05) is 31.2 Å². The summed E-state index contributed by atoms with van der Waals surface area (Å²) in [6.07, 6.45) is 0. The van der Waals surface area contributed by atoms with Crippen molar-refractivity contribution in [1.82, 2.24) is 0 Å². The fourth-order valence-corrected chi connectivity index (χ4v) is 3.15. The van der Waals surface area contributed by atoms with Crippen LogP contribution < -0.4 is 4.74 Å². The molecule has 0 saturated carbocycles. The Morgan fingerprint density at radius 2 is 1.67 bits per heavy atom. The average molecular weight is 379 g/mol. The van der Waals surface area contributed by atoms with Crippen molar-refractivity contribution >= 4 is 40.1 Å². The van der Waals surface area contributed by atoms with E-state index in [1.54, 1.807) is 30.3 Å². The number of hydrogen-bond acceptors (Lipinski definition) is 4. The quantitative estimate of drug-likeness (QED) is 0.478. The molecule has 0 N–H and O–H groups in total. The summed E-state index contributed by atoms with van der Waals surface area (Å²) in [5.41, 5.74) is 1.14. The molecular formula is C18H12Cl2O3S. The summed E-state index contributed by atoms with van der Waals surface area (Å²) in [7, 11) is 0. The van der Waals surface area contributed by atoms with Gasteiger partial charge in [0.05, 0.1) is 0 Å². The number of rotatable bonds is 4. The molecule has 1 heterocycles. The summed E-state index contributed by atoms with van der Waals surface area (Å²) < 4.78 is 11.0. The van der Waals surface area contributed by atoms with Gasteiger partial charge < -0.3 is 9.15 Å². The number of aryl methyl sites for hydroxylation is 1. The predicted molar refractivity (Wildman–Crippen MR) is 96.6 cm³/mol. The van der Waals surface area contributed by atoms with Gasteiger partial charge in [0.2, 0.25) is 0 Å². The largest absolute Gasteiger partial charge is 0.426 e. The number of carbonyl (C=O) groups excluding carboxylic acids is 1. The second kappa shape index (κ2) is 7.34. The highest BCUT2D eigenvalue weighted by Crippen LogP contribution is 2.31. The van der Waals surface area contributed by atoms with E-state index < -0.39 is 0 Å². The monoisotopic (exact) mass is 378 g/mol. The van der Waals surface area contributed by atoms with Crippen LogP contribution in [-0.4, -0.2) is 5.12 Å². The van der Waals surface area contributed by atoms with Gasteiger partial charge in [-0.2, -0.15) is 0 Å². The molecule has 6 heteroatoms. The Labute approximate surface area is 153 Å². The van der Waals surface area contributed by atoms with Crippen LogP contribution in [0.5, 0.6) is 11.7 Å². The first-order valence-electron chi connectivity index (χ1n) is 7.02. The lowest BCUT2D eigenvalue weighted by Gasteiger charge is -2.03. The molecule has 0 aliphatic carbocycles. The molecule has 0 unspecified atom stereocenters. The van der Waals surface area contributed by atoms with Gasteiger partial charge in [0.25, 0.3) is 11.1 Å². The first kappa shape index (κ1) is 17.0. The van der Waals surface area contributed by atoms with E-state index in [-0.39, 0.29) is 16.8 Å². The van der Waals surface area contributed by atoms with Crippen LogP contribution >= 0.6 is 35.0 Å². The van der Waals surface area contributed by atoms with Crippen LogP contribution in [0.25, 0.3) is 0 Å². The smallest absolute Gasteiger partial charge is 0.290 e. The maximum Gasteiger partial charge on any atom is 0.290 e. The Morgan fingerprint density at radius 3 is 2.33 bits per heavy atom. The standard InChI is InChI=1S/C18H12Cl2O3S/c1-11-2-4-15(5-3-11)24-18(21)16-6-7-17(23-16)22-14-9-12(19)8-13(20)10-14/h2-10H,1H3. The Kier molecular flexibility index (Phi) is 5.19. The first-order valence-corrected chi connectivity index (χ1v) is 8.59. The van der Waals surface area contributed by atoms with Crippen molar-refractivity contribution in [3.63, 3.8) is 0 Å². The summed E-state index contributed by atoms with van der Waals surface area (Å²) in [4.78, 5) is 13.1. The number of halogens is 2. The van der Waals surface area contributed by atoms with Crippen molar-refractivity contribution in [1.29, 1.82) is 0 Å². The van der Waals surface area contributed by atoms with E-state index >= 15 is 0 Å². The van der Waals surface area contributed by atoms with Gasteiger partial charge in [-0.05, 0) is 55.1 Å². The molecule has 0 aliphatic heterocycles. The predicted octanol–water partition coefficient (Wildman–Crippen LogP) is 6.62. The summed E-state index contributed by atoms with van der Waals surface area (Å²) in [6.45, 7) is 1.99. The molecule has 0 radical (unpaired) electrons. The summed E-state index contributed by atoms with van der Waals surface area (Å²) >= 11 is 12.9. The fraction of sp³-hybridized carbons (Fsp3) is 0.0556. The van der Waals surface area contributed by atoms with E-state index in [0.29, 0.717) is 15.8 Å². The van der Waals surface area contributed by atoms with Crippen molar-refractivity contribution in [3.05, 3.63) is 76.0 Å². The van der Waals surface area contributed by atoms with E-state index in [2.05, 4.69) is 0 Å². The van der Waals surface area contributed by atoms with Gasteiger partial charge in [-0.3, -0.25) is 4.79 Å². The van der Waals surface area contributed by atoms with E-state index in [4.69, 9.17) is 32.4 Å². The second-order valence-corrected chi connectivity index (χ2v) is 6.95. The third-order valence-electron chi connectivity index (χ3n) is 3.07. The van der Waals surface area contributed by atoms with Gasteiger partial charge in [-0.15, -0.1) is 0 Å². The molecule has 3 nitrogen and oxygen atoms in total. The molecule has 3 aromatic rings. The van der Waals surface area contributed by atoms with E-state index in [1.165, 1.54) is 0 Å². The average Bonchev–Trinajstić information content (AvgIpc) is 2.97. The number of thioether (sulfide) groups is 1. The molecule has 0 spiro atoms. The Morgan fingerprint density at radius 1 is 1.00 bits per heavy atom. The SMILES string of the molecule is Cc1ccc(SC(=O)c2ccc(Oc3cc(Cl)cc(Cl)c3)o2)cc1. The molecule has 0 fully saturated rings. The molecule has 0 atom stereocenters. The minimum absolute atomic E-state index is 0.196. The van der Waals surface area contributed by atoms with Crippen molar-refractivity contribution in [2.24, 2.45) is 0 Å². The molecule has 0 amide bonds. The van der Waals surface area contributed by atoms with E-state index in [9.17, 15) is 4.79 Å². The number of hydrogen-bond donors (Lipinski definition) is 0. The Bertz CT molecular complexity index is 852. The molecule has 2 aromatic carbocycles. The van der Waals surface area contributed by atoms with Crippen LogP contribution in [0.1, 0.15) is 16.1 Å². The highest BCUT2D eigenvalue weighted by atomic mass is 35.5. The first-order chi connectivity index (χ1) is 11.5. The zero-order valence-electron chi connectivity index (χ0n) is 12.6. The summed E-state index contributed by atoms with van der Waals surface area (Å²) in [6, 6.07) is 15.7. The molecule has 122 valence electrons. The maximum absolute atomic E-state index is 12.2. The fourth-order valence-electron chi connectivity index (χ4n) is 1.95. The molecule has 0 aliphatic rings. The van der Waals surface area contributed by atoms with Crippen LogP contribution in [0.4, 0.5) is 0 Å². The summed E-state index contributed by atoms with van der Waals surface area (Å²) in [5, 5.41) is 0.711. The molecule has 3 rings (SSSR count). The Hall–Kier alpha value is -1.88. The number of ether oxygens (including phenoxy) is 1. The number of furan rings is 1. The van der Waals surface area contributed by atoms with Crippen LogP contribution in [-0.2, 0) is 0 Å². The lowest BCUT2D eigenvalue weighted by Crippen LogP contribution is -1.90. The topological polar surface area (TPSA) is 39.4 Å². The third-order valence-corrected chi connectivity index (χ3v) is 4.40. The lowest BCUT2D eigenvalue weighted by atomic mass is 10.2. The van der Waals surface area contributed by atoms with Crippen LogP contribution in [0.15, 0.2) is 63.9 Å². The molecule has 24 heavy (non-hydrogen) atoms. The lowest BCUT2D eigenvalue weighted by molar-refractivity contribution is 0.106. The minimum Gasteiger partial charge on any atom is -0.426 e. The van der Waals surface area contributed by atoms with Gasteiger partial charge in [0.1, 0.15) is 5.75 Å². The van der Waals surface area contributed by atoms with Crippen molar-refractivity contribution in [3.8, 4) is 11.7 Å². The summed E-state index contributed by atoms with van der Waals surface area (Å²) in [5.74, 6) is 0.844. The van der Waals surface area contributed by atoms with Gasteiger partial charge >= 0.3 is 0 Å². The molecule has 1 aromatic heterocycles. The molecular weight excluding hydrogens is 367 g/mol. The van der Waals surface area contributed by atoms with Crippen LogP contribution in [0, 0.1) is 6.92 Å².